The van der Waals surface area contributed by atoms with Crippen molar-refractivity contribution in [3.63, 3.8) is 0 Å². The number of aromatic amines is 1. The topological polar surface area (TPSA) is 90.5 Å². The Morgan fingerprint density at radius 3 is 2.59 bits per heavy atom. The van der Waals surface area contributed by atoms with Gasteiger partial charge in [-0.3, -0.25) is 4.79 Å². The monoisotopic (exact) mass is 496 g/mol. The van der Waals surface area contributed by atoms with E-state index in [0.29, 0.717) is 35.5 Å². The molecular formula is C30H28N2O5. The molecular weight excluding hydrogens is 468 g/mol. The minimum Gasteiger partial charge on any atom is -0.488 e. The Balaban J connectivity index is 1.51. The van der Waals surface area contributed by atoms with Crippen LogP contribution in [0.25, 0.3) is 0 Å². The number of para-hydroxylation sites is 1. The van der Waals surface area contributed by atoms with E-state index in [1.165, 1.54) is 7.11 Å². The van der Waals surface area contributed by atoms with Gasteiger partial charge in [0.25, 0.3) is 0 Å². The van der Waals surface area contributed by atoms with Crippen LogP contribution in [0.15, 0.2) is 79.1 Å². The molecule has 1 aliphatic carbocycles. The number of carbonyl (C=O) groups excluding carboxylic acids is 2. The van der Waals surface area contributed by atoms with Crippen molar-refractivity contribution < 1.29 is 23.8 Å². The fourth-order valence-electron chi connectivity index (χ4n) is 4.70. The van der Waals surface area contributed by atoms with Gasteiger partial charge in [0, 0.05) is 36.4 Å². The highest BCUT2D eigenvalue weighted by atomic mass is 16.5. The molecule has 3 aromatic carbocycles. The summed E-state index contributed by atoms with van der Waals surface area (Å²) in [5.41, 5.74) is 3.81. The van der Waals surface area contributed by atoms with E-state index in [1.54, 1.807) is 36.7 Å². The van der Waals surface area contributed by atoms with Crippen molar-refractivity contribution in [1.29, 1.82) is 0 Å². The Bertz CT molecular complexity index is 1380. The molecule has 188 valence electrons. The number of nitrogens with zero attached hydrogens (tertiary/aromatic N) is 1. The molecule has 1 N–H and O–H groups in total. The molecule has 0 bridgehead atoms. The highest BCUT2D eigenvalue weighted by Crippen LogP contribution is 2.35. The van der Waals surface area contributed by atoms with Crippen LogP contribution in [0.5, 0.6) is 11.5 Å². The summed E-state index contributed by atoms with van der Waals surface area (Å²) in [5.74, 6) is 1.52. The van der Waals surface area contributed by atoms with Gasteiger partial charge in [0.15, 0.2) is 5.78 Å². The van der Waals surface area contributed by atoms with Gasteiger partial charge in [-0.2, -0.15) is 0 Å². The van der Waals surface area contributed by atoms with Crippen molar-refractivity contribution in [2.75, 3.05) is 7.11 Å². The first-order chi connectivity index (χ1) is 18.1. The van der Waals surface area contributed by atoms with Crippen LogP contribution in [0.4, 0.5) is 0 Å². The molecule has 1 atom stereocenters. The Hall–Kier alpha value is -4.39. The van der Waals surface area contributed by atoms with E-state index < -0.39 is 5.97 Å². The van der Waals surface area contributed by atoms with Crippen LogP contribution in [0.3, 0.4) is 0 Å². The van der Waals surface area contributed by atoms with Gasteiger partial charge in [-0.25, -0.2) is 9.78 Å². The number of Topliss-reactive ketones (excluding diaryl/α,β-unsaturated/α-hetero) is 1. The van der Waals surface area contributed by atoms with E-state index in [0.717, 1.165) is 35.4 Å². The Kier molecular flexibility index (Phi) is 7.31. The number of aromatic nitrogens is 2. The maximum atomic E-state index is 12.7. The molecule has 1 aliphatic rings. The van der Waals surface area contributed by atoms with Crippen molar-refractivity contribution in [1.82, 2.24) is 9.97 Å². The molecule has 7 nitrogen and oxygen atoms in total. The highest BCUT2D eigenvalue weighted by molar-refractivity contribution is 5.99. The third-order valence-corrected chi connectivity index (χ3v) is 6.56. The quantitative estimate of drug-likeness (QED) is 0.301. The SMILES string of the molecule is COC(=O)c1ccccc1OCc1c(O[C@@H](Cc2ncc[nH]2)c2ccccc2)ccc2c1CCCC2=O. The summed E-state index contributed by atoms with van der Waals surface area (Å²) in [5, 5.41) is 0. The van der Waals surface area contributed by atoms with Gasteiger partial charge in [-0.05, 0) is 48.2 Å². The Morgan fingerprint density at radius 1 is 1.00 bits per heavy atom. The zero-order valence-corrected chi connectivity index (χ0v) is 20.6. The van der Waals surface area contributed by atoms with Gasteiger partial charge in [0.2, 0.25) is 0 Å². The number of carbonyl (C=O) groups is 2. The molecule has 1 heterocycles. The number of H-pyrrole nitrogens is 1. The zero-order valence-electron chi connectivity index (χ0n) is 20.6. The van der Waals surface area contributed by atoms with E-state index in [1.807, 2.05) is 42.5 Å². The molecule has 0 unspecified atom stereocenters. The summed E-state index contributed by atoms with van der Waals surface area (Å²) < 4.78 is 17.7. The summed E-state index contributed by atoms with van der Waals surface area (Å²) in [6.45, 7) is 0.141. The lowest BCUT2D eigenvalue weighted by molar-refractivity contribution is 0.0595. The summed E-state index contributed by atoms with van der Waals surface area (Å²) in [6.07, 6.45) is 5.80. The number of fused-ring (bicyclic) bond motifs is 1. The molecule has 1 aromatic heterocycles. The van der Waals surface area contributed by atoms with Crippen LogP contribution in [-0.4, -0.2) is 28.8 Å². The fourth-order valence-corrected chi connectivity index (χ4v) is 4.70. The molecule has 7 heteroatoms. The van der Waals surface area contributed by atoms with Crippen molar-refractivity contribution in [3.8, 4) is 11.5 Å². The lowest BCUT2D eigenvalue weighted by Gasteiger charge is -2.25. The van der Waals surface area contributed by atoms with Crippen LogP contribution < -0.4 is 9.47 Å². The second kappa shape index (κ2) is 11.1. The van der Waals surface area contributed by atoms with E-state index >= 15 is 0 Å². The number of methoxy groups -OCH3 is 1. The number of imidazole rings is 1. The maximum absolute atomic E-state index is 12.7. The fraction of sp³-hybridized carbons (Fsp3) is 0.233. The van der Waals surface area contributed by atoms with Crippen LogP contribution in [-0.2, 0) is 24.2 Å². The molecule has 0 spiro atoms. The van der Waals surface area contributed by atoms with E-state index in [9.17, 15) is 9.59 Å². The van der Waals surface area contributed by atoms with E-state index in [-0.39, 0.29) is 18.5 Å². The first-order valence-electron chi connectivity index (χ1n) is 12.3. The average Bonchev–Trinajstić information content (AvgIpc) is 3.45. The minimum atomic E-state index is -0.472. The average molecular weight is 497 g/mol. The van der Waals surface area contributed by atoms with Crippen LogP contribution >= 0.6 is 0 Å². The number of hydrogen-bond acceptors (Lipinski definition) is 6. The molecule has 0 aliphatic heterocycles. The van der Waals surface area contributed by atoms with Crippen molar-refractivity contribution in [3.05, 3.63) is 113 Å². The summed E-state index contributed by atoms with van der Waals surface area (Å²) >= 11 is 0. The van der Waals surface area contributed by atoms with Gasteiger partial charge in [0.05, 0.1) is 7.11 Å². The second-order valence-electron chi connectivity index (χ2n) is 8.88. The van der Waals surface area contributed by atoms with Crippen LogP contribution in [0.2, 0.25) is 0 Å². The normalized spacial score (nSPS) is 13.5. The first kappa shape index (κ1) is 24.3. The molecule has 37 heavy (non-hydrogen) atoms. The molecule has 0 saturated heterocycles. The second-order valence-corrected chi connectivity index (χ2v) is 8.88. The predicted molar refractivity (Wildman–Crippen MR) is 138 cm³/mol. The number of nitrogens with one attached hydrogen (secondary N) is 1. The highest BCUT2D eigenvalue weighted by Gasteiger charge is 2.25. The summed E-state index contributed by atoms with van der Waals surface area (Å²) in [6, 6.07) is 20.6. The lowest BCUT2D eigenvalue weighted by Crippen LogP contribution is -2.18. The largest absolute Gasteiger partial charge is 0.488 e. The lowest BCUT2D eigenvalue weighted by atomic mass is 9.87. The molecule has 0 radical (unpaired) electrons. The van der Waals surface area contributed by atoms with Gasteiger partial charge in [-0.1, -0.05) is 42.5 Å². The predicted octanol–water partition coefficient (Wildman–Crippen LogP) is 5.66. The third-order valence-electron chi connectivity index (χ3n) is 6.56. The molecule has 0 saturated carbocycles. The smallest absolute Gasteiger partial charge is 0.341 e. The molecule has 5 rings (SSSR count). The number of benzene rings is 3. The van der Waals surface area contributed by atoms with Crippen molar-refractivity contribution >= 4 is 11.8 Å². The zero-order chi connectivity index (χ0) is 25.6. The van der Waals surface area contributed by atoms with Gasteiger partial charge < -0.3 is 19.2 Å². The molecule has 0 amide bonds. The number of ketones is 1. The Morgan fingerprint density at radius 2 is 1.81 bits per heavy atom. The summed E-state index contributed by atoms with van der Waals surface area (Å²) in [7, 11) is 1.34. The van der Waals surface area contributed by atoms with Gasteiger partial charge >= 0.3 is 5.97 Å². The minimum absolute atomic E-state index is 0.124. The number of rotatable bonds is 9. The van der Waals surface area contributed by atoms with Crippen LogP contribution in [0, 0.1) is 0 Å². The maximum Gasteiger partial charge on any atom is 0.341 e. The van der Waals surface area contributed by atoms with Crippen molar-refractivity contribution in [2.45, 2.75) is 38.4 Å². The summed E-state index contributed by atoms with van der Waals surface area (Å²) in [4.78, 5) is 32.5. The number of hydrogen-bond donors (Lipinski definition) is 1. The van der Waals surface area contributed by atoms with E-state index in [4.69, 9.17) is 14.2 Å². The van der Waals surface area contributed by atoms with Crippen LogP contribution in [0.1, 0.15) is 62.2 Å². The van der Waals surface area contributed by atoms with Gasteiger partial charge in [0.1, 0.15) is 35.6 Å². The van der Waals surface area contributed by atoms with Crippen molar-refractivity contribution in [2.24, 2.45) is 0 Å². The third kappa shape index (κ3) is 5.40. The number of esters is 1. The van der Waals surface area contributed by atoms with E-state index in [2.05, 4.69) is 9.97 Å². The molecule has 0 fully saturated rings. The standard InChI is InChI=1S/C30H28N2O5/c1-35-30(34)23-10-5-6-13-26(23)36-19-24-21-11-7-12-25(33)22(21)14-15-27(24)37-28(18-29-31-16-17-32-29)20-8-3-2-4-9-20/h2-6,8-10,13-17,28H,7,11-12,18-19H2,1H3,(H,31,32)/t28-/m0/s1. The number of ether oxygens (including phenoxy) is 3. The van der Waals surface area contributed by atoms with Gasteiger partial charge in [-0.15, -0.1) is 0 Å². The Labute approximate surface area is 215 Å². The first-order valence-corrected chi connectivity index (χ1v) is 12.3. The molecule has 4 aromatic rings.